The largest absolute Gasteiger partial charge is 0.457 e. The van der Waals surface area contributed by atoms with E-state index < -0.39 is 5.97 Å². The van der Waals surface area contributed by atoms with Gasteiger partial charge in [-0.15, -0.1) is 0 Å². The summed E-state index contributed by atoms with van der Waals surface area (Å²) in [5, 5.41) is 0.614. The SMILES string of the molecule is Cc1cc(OC(=O)c2ccco2)c2c(C)c(C)c(=O)oc2c1. The van der Waals surface area contributed by atoms with E-state index in [9.17, 15) is 9.59 Å². The third-order valence-electron chi connectivity index (χ3n) is 3.58. The smallest absolute Gasteiger partial charge is 0.379 e. The van der Waals surface area contributed by atoms with E-state index in [2.05, 4.69) is 0 Å². The maximum atomic E-state index is 12.1. The molecule has 3 rings (SSSR count). The molecule has 0 aliphatic rings. The lowest BCUT2D eigenvalue weighted by Crippen LogP contribution is -2.10. The topological polar surface area (TPSA) is 69.7 Å². The van der Waals surface area contributed by atoms with Crippen molar-refractivity contribution >= 4 is 16.9 Å². The van der Waals surface area contributed by atoms with E-state index in [1.54, 1.807) is 32.0 Å². The predicted octanol–water partition coefficient (Wildman–Crippen LogP) is 3.53. The monoisotopic (exact) mass is 298 g/mol. The van der Waals surface area contributed by atoms with Crippen molar-refractivity contribution in [1.29, 1.82) is 0 Å². The van der Waals surface area contributed by atoms with Crippen molar-refractivity contribution in [3.8, 4) is 5.75 Å². The van der Waals surface area contributed by atoms with Crippen LogP contribution in [0.2, 0.25) is 0 Å². The molecule has 5 heteroatoms. The fraction of sp³-hybridized carbons (Fsp3) is 0.176. The molecular weight excluding hydrogens is 284 g/mol. The van der Waals surface area contributed by atoms with E-state index in [4.69, 9.17) is 13.6 Å². The van der Waals surface area contributed by atoms with Gasteiger partial charge < -0.3 is 13.6 Å². The van der Waals surface area contributed by atoms with Gasteiger partial charge in [-0.2, -0.15) is 0 Å². The molecule has 0 saturated carbocycles. The van der Waals surface area contributed by atoms with E-state index in [1.165, 1.54) is 12.3 Å². The second-order valence-corrected chi connectivity index (χ2v) is 5.14. The van der Waals surface area contributed by atoms with Crippen molar-refractivity contribution in [3.63, 3.8) is 0 Å². The van der Waals surface area contributed by atoms with Crippen molar-refractivity contribution < 1.29 is 18.4 Å². The number of fused-ring (bicyclic) bond motifs is 1. The summed E-state index contributed by atoms with van der Waals surface area (Å²) in [4.78, 5) is 23.9. The minimum atomic E-state index is -0.597. The van der Waals surface area contributed by atoms with Gasteiger partial charge in [-0.05, 0) is 56.2 Å². The number of carbonyl (C=O) groups excluding carboxylic acids is 1. The third kappa shape index (κ3) is 2.30. The first-order valence-corrected chi connectivity index (χ1v) is 6.77. The molecule has 0 atom stereocenters. The molecule has 5 nitrogen and oxygen atoms in total. The quantitative estimate of drug-likeness (QED) is 0.411. The van der Waals surface area contributed by atoms with Crippen LogP contribution in [0.15, 0.2) is 44.2 Å². The highest BCUT2D eigenvalue weighted by Crippen LogP contribution is 2.31. The molecule has 3 aromatic rings. The van der Waals surface area contributed by atoms with Gasteiger partial charge >= 0.3 is 11.6 Å². The van der Waals surface area contributed by atoms with Gasteiger partial charge in [-0.3, -0.25) is 0 Å². The van der Waals surface area contributed by atoms with Crippen LogP contribution in [-0.2, 0) is 0 Å². The number of aryl methyl sites for hydroxylation is 2. The summed E-state index contributed by atoms with van der Waals surface area (Å²) >= 11 is 0. The maximum absolute atomic E-state index is 12.1. The van der Waals surface area contributed by atoms with Crippen molar-refractivity contribution in [2.45, 2.75) is 20.8 Å². The molecule has 0 bridgehead atoms. The highest BCUT2D eigenvalue weighted by atomic mass is 16.5. The Kier molecular flexibility index (Phi) is 3.33. The van der Waals surface area contributed by atoms with Crippen LogP contribution in [0.3, 0.4) is 0 Å². The van der Waals surface area contributed by atoms with Crippen LogP contribution in [0, 0.1) is 20.8 Å². The fourth-order valence-electron chi connectivity index (χ4n) is 2.31. The molecule has 112 valence electrons. The normalized spacial score (nSPS) is 10.9. The summed E-state index contributed by atoms with van der Waals surface area (Å²) in [6.07, 6.45) is 1.40. The van der Waals surface area contributed by atoms with Crippen LogP contribution in [-0.4, -0.2) is 5.97 Å². The van der Waals surface area contributed by atoms with Crippen LogP contribution in [0.5, 0.6) is 5.75 Å². The van der Waals surface area contributed by atoms with Crippen molar-refractivity contribution in [2.24, 2.45) is 0 Å². The number of benzene rings is 1. The van der Waals surface area contributed by atoms with Gasteiger partial charge in [0.2, 0.25) is 5.76 Å². The van der Waals surface area contributed by atoms with E-state index in [-0.39, 0.29) is 11.4 Å². The molecule has 1 aromatic carbocycles. The molecule has 0 N–H and O–H groups in total. The number of hydrogen-bond acceptors (Lipinski definition) is 5. The summed E-state index contributed by atoms with van der Waals surface area (Å²) in [5.41, 5.74) is 2.05. The highest BCUT2D eigenvalue weighted by Gasteiger charge is 2.18. The lowest BCUT2D eigenvalue weighted by atomic mass is 10.0. The predicted molar refractivity (Wildman–Crippen MR) is 80.4 cm³/mol. The number of ether oxygens (including phenoxy) is 1. The van der Waals surface area contributed by atoms with Gasteiger partial charge in [0.15, 0.2) is 0 Å². The Morgan fingerprint density at radius 3 is 2.59 bits per heavy atom. The van der Waals surface area contributed by atoms with E-state index in [1.807, 2.05) is 6.92 Å². The Labute approximate surface area is 126 Å². The van der Waals surface area contributed by atoms with E-state index in [0.29, 0.717) is 22.3 Å². The summed E-state index contributed by atoms with van der Waals surface area (Å²) < 4.78 is 15.8. The van der Waals surface area contributed by atoms with Gasteiger partial charge in [0.25, 0.3) is 0 Å². The Bertz CT molecular complexity index is 916. The van der Waals surface area contributed by atoms with Crippen molar-refractivity contribution in [3.05, 3.63) is 63.4 Å². The summed E-state index contributed by atoms with van der Waals surface area (Å²) in [7, 11) is 0. The first-order chi connectivity index (χ1) is 10.5. The maximum Gasteiger partial charge on any atom is 0.379 e. The molecule has 0 aliphatic carbocycles. The van der Waals surface area contributed by atoms with Gasteiger partial charge in [0.1, 0.15) is 11.3 Å². The zero-order valence-corrected chi connectivity index (χ0v) is 12.4. The standard InChI is InChI=1S/C17H14O5/c1-9-7-13-15(10(2)11(3)16(18)21-13)14(8-9)22-17(19)12-5-4-6-20-12/h4-8H,1-3H3. The highest BCUT2D eigenvalue weighted by molar-refractivity contribution is 5.94. The molecule has 22 heavy (non-hydrogen) atoms. The molecule has 2 heterocycles. The van der Waals surface area contributed by atoms with Gasteiger partial charge in [0.05, 0.1) is 11.6 Å². The van der Waals surface area contributed by atoms with Gasteiger partial charge in [-0.25, -0.2) is 9.59 Å². The Morgan fingerprint density at radius 2 is 1.91 bits per heavy atom. The van der Waals surface area contributed by atoms with Gasteiger partial charge in [0, 0.05) is 5.56 Å². The first-order valence-electron chi connectivity index (χ1n) is 6.77. The number of hydrogen-bond donors (Lipinski definition) is 0. The molecule has 0 aliphatic heterocycles. The zero-order valence-electron chi connectivity index (χ0n) is 12.4. The molecule has 0 radical (unpaired) electrons. The van der Waals surface area contributed by atoms with Crippen LogP contribution < -0.4 is 10.4 Å². The van der Waals surface area contributed by atoms with Crippen molar-refractivity contribution in [1.82, 2.24) is 0 Å². The second-order valence-electron chi connectivity index (χ2n) is 5.14. The molecule has 0 fully saturated rings. The second kappa shape index (κ2) is 5.18. The lowest BCUT2D eigenvalue weighted by Gasteiger charge is -2.11. The molecule has 0 unspecified atom stereocenters. The summed E-state index contributed by atoms with van der Waals surface area (Å²) in [6, 6.07) is 6.61. The minimum Gasteiger partial charge on any atom is -0.457 e. The first kappa shape index (κ1) is 14.1. The van der Waals surface area contributed by atoms with Crippen LogP contribution in [0.1, 0.15) is 27.2 Å². The van der Waals surface area contributed by atoms with E-state index in [0.717, 1.165) is 11.1 Å². The average molecular weight is 298 g/mol. The number of esters is 1. The molecule has 0 amide bonds. The number of rotatable bonds is 2. The van der Waals surface area contributed by atoms with Crippen LogP contribution in [0.25, 0.3) is 11.0 Å². The minimum absolute atomic E-state index is 0.112. The Morgan fingerprint density at radius 1 is 1.14 bits per heavy atom. The van der Waals surface area contributed by atoms with Crippen LogP contribution >= 0.6 is 0 Å². The molecule has 0 spiro atoms. The molecular formula is C17H14O5. The van der Waals surface area contributed by atoms with E-state index >= 15 is 0 Å². The zero-order chi connectivity index (χ0) is 15.9. The van der Waals surface area contributed by atoms with Crippen molar-refractivity contribution in [2.75, 3.05) is 0 Å². The number of furan rings is 1. The molecule has 0 saturated heterocycles. The number of carbonyl (C=O) groups is 1. The lowest BCUT2D eigenvalue weighted by molar-refractivity contribution is 0.0703. The Balaban J connectivity index is 2.18. The summed E-state index contributed by atoms with van der Waals surface area (Å²) in [6.45, 7) is 5.31. The third-order valence-corrected chi connectivity index (χ3v) is 3.58. The van der Waals surface area contributed by atoms with Crippen LogP contribution in [0.4, 0.5) is 0 Å². The average Bonchev–Trinajstić information content (AvgIpc) is 2.98. The molecule has 2 aromatic heterocycles. The summed E-state index contributed by atoms with van der Waals surface area (Å²) in [5.74, 6) is -0.137. The van der Waals surface area contributed by atoms with Gasteiger partial charge in [-0.1, -0.05) is 0 Å². The Hall–Kier alpha value is -2.82. The fourth-order valence-corrected chi connectivity index (χ4v) is 2.31.